The first kappa shape index (κ1) is 9.62. The Hall–Kier alpha value is -0.375. The molecule has 0 rings (SSSR count). The summed E-state index contributed by atoms with van der Waals surface area (Å²) in [4.78, 5) is 0. The zero-order valence-electron chi connectivity index (χ0n) is 7.15. The smallest absolute Gasteiger partial charge is 0.0921 e. The SMILES string of the molecule is [B]C(C)(C#C)C(C)CCC. The van der Waals surface area contributed by atoms with E-state index >= 15 is 0 Å². The Balaban J connectivity index is 3.94. The van der Waals surface area contributed by atoms with Gasteiger partial charge in [0.25, 0.3) is 0 Å². The maximum absolute atomic E-state index is 5.81. The van der Waals surface area contributed by atoms with Crippen molar-refractivity contribution in [3.63, 3.8) is 0 Å². The average Bonchev–Trinajstić information content (AvgIpc) is 1.89. The van der Waals surface area contributed by atoms with E-state index in [-0.39, 0.29) is 0 Å². The van der Waals surface area contributed by atoms with Gasteiger partial charge in [0.05, 0.1) is 7.85 Å². The first-order chi connectivity index (χ1) is 4.54. The first-order valence-electron chi connectivity index (χ1n) is 3.81. The van der Waals surface area contributed by atoms with E-state index in [0.29, 0.717) is 5.92 Å². The molecule has 0 N–H and O–H groups in total. The van der Waals surface area contributed by atoms with Crippen LogP contribution < -0.4 is 0 Å². The monoisotopic (exact) mass is 134 g/mol. The van der Waals surface area contributed by atoms with Gasteiger partial charge in [-0.2, -0.15) is 0 Å². The molecule has 0 nitrogen and oxygen atoms in total. The van der Waals surface area contributed by atoms with Crippen LogP contribution in [0.1, 0.15) is 33.6 Å². The second kappa shape index (κ2) is 3.71. The Morgan fingerprint density at radius 3 is 2.50 bits per heavy atom. The van der Waals surface area contributed by atoms with Gasteiger partial charge in [-0.05, 0) is 11.2 Å². The van der Waals surface area contributed by atoms with Gasteiger partial charge in [-0.3, -0.25) is 0 Å². The minimum Gasteiger partial charge on any atom is -0.120 e. The summed E-state index contributed by atoms with van der Waals surface area (Å²) in [6.07, 6.45) is 7.52. The Kier molecular flexibility index (Phi) is 3.57. The fourth-order valence-corrected chi connectivity index (χ4v) is 0.875. The lowest BCUT2D eigenvalue weighted by atomic mass is 9.62. The quantitative estimate of drug-likeness (QED) is 0.410. The lowest BCUT2D eigenvalue weighted by Gasteiger charge is -2.26. The molecule has 2 radical (unpaired) electrons. The zero-order valence-corrected chi connectivity index (χ0v) is 7.15. The lowest BCUT2D eigenvalue weighted by Crippen LogP contribution is -2.15. The van der Waals surface area contributed by atoms with E-state index in [1.165, 1.54) is 0 Å². The molecule has 2 unspecified atom stereocenters. The van der Waals surface area contributed by atoms with Crippen LogP contribution in [0.3, 0.4) is 0 Å². The van der Waals surface area contributed by atoms with Crippen LogP contribution in [-0.4, -0.2) is 7.85 Å². The molecule has 10 heavy (non-hydrogen) atoms. The molecule has 54 valence electrons. The lowest BCUT2D eigenvalue weighted by molar-refractivity contribution is 0.451. The summed E-state index contributed by atoms with van der Waals surface area (Å²) in [6, 6.07) is 0. The third kappa shape index (κ3) is 2.48. The van der Waals surface area contributed by atoms with Crippen LogP contribution in [0.25, 0.3) is 0 Å². The van der Waals surface area contributed by atoms with E-state index in [4.69, 9.17) is 14.3 Å². The van der Waals surface area contributed by atoms with Gasteiger partial charge in [-0.15, -0.1) is 12.3 Å². The van der Waals surface area contributed by atoms with Crippen LogP contribution in [0.2, 0.25) is 5.31 Å². The van der Waals surface area contributed by atoms with Gasteiger partial charge >= 0.3 is 0 Å². The molecule has 0 saturated carbocycles. The molecule has 0 aromatic carbocycles. The van der Waals surface area contributed by atoms with E-state index in [1.54, 1.807) is 0 Å². The summed E-state index contributed by atoms with van der Waals surface area (Å²) in [5.41, 5.74) is 0. The highest BCUT2D eigenvalue weighted by Crippen LogP contribution is 2.32. The zero-order chi connectivity index (χ0) is 8.20. The molecule has 1 heteroatoms. The Labute approximate surface area is 65.8 Å². The summed E-state index contributed by atoms with van der Waals surface area (Å²) in [6.45, 7) is 6.15. The van der Waals surface area contributed by atoms with Crippen molar-refractivity contribution in [2.75, 3.05) is 0 Å². The van der Waals surface area contributed by atoms with Gasteiger partial charge in [0.15, 0.2) is 0 Å². The van der Waals surface area contributed by atoms with Crippen LogP contribution in [0, 0.1) is 18.3 Å². The molecule has 0 aliphatic rings. The van der Waals surface area contributed by atoms with E-state index in [2.05, 4.69) is 19.8 Å². The van der Waals surface area contributed by atoms with Gasteiger partial charge in [-0.1, -0.05) is 33.6 Å². The van der Waals surface area contributed by atoms with Crippen molar-refractivity contribution in [3.05, 3.63) is 0 Å². The van der Waals surface area contributed by atoms with Gasteiger partial charge in [0.1, 0.15) is 0 Å². The third-order valence-corrected chi connectivity index (χ3v) is 2.06. The second-order valence-corrected chi connectivity index (χ2v) is 3.12. The summed E-state index contributed by atoms with van der Waals surface area (Å²) in [5.74, 6) is 3.02. The Bertz CT molecular complexity index is 130. The van der Waals surface area contributed by atoms with Crippen molar-refractivity contribution in [3.8, 4) is 12.3 Å². The van der Waals surface area contributed by atoms with Crippen molar-refractivity contribution in [2.24, 2.45) is 5.92 Å². The third-order valence-electron chi connectivity index (χ3n) is 2.06. The highest BCUT2D eigenvalue weighted by molar-refractivity contribution is 6.17. The fraction of sp³-hybridized carbons (Fsp3) is 0.778. The van der Waals surface area contributed by atoms with Crippen LogP contribution >= 0.6 is 0 Å². The summed E-state index contributed by atoms with van der Waals surface area (Å²) >= 11 is 0. The van der Waals surface area contributed by atoms with Gasteiger partial charge in [-0.25, -0.2) is 0 Å². The first-order valence-corrected chi connectivity index (χ1v) is 3.81. The molecule has 0 bridgehead atoms. The molecular formula is C9H15B. The fourth-order valence-electron chi connectivity index (χ4n) is 0.875. The van der Waals surface area contributed by atoms with E-state index < -0.39 is 5.31 Å². The molecule has 0 spiro atoms. The average molecular weight is 134 g/mol. The predicted octanol–water partition coefficient (Wildman–Crippen LogP) is 2.40. The Morgan fingerprint density at radius 2 is 2.20 bits per heavy atom. The van der Waals surface area contributed by atoms with Crippen molar-refractivity contribution in [2.45, 2.75) is 38.9 Å². The minimum atomic E-state index is -0.421. The molecule has 0 aliphatic heterocycles. The molecule has 0 aromatic heterocycles. The highest BCUT2D eigenvalue weighted by Gasteiger charge is 2.20. The predicted molar refractivity (Wildman–Crippen MR) is 47.0 cm³/mol. The normalized spacial score (nSPS) is 19.0. The summed E-state index contributed by atoms with van der Waals surface area (Å²) in [5, 5.41) is -0.421. The van der Waals surface area contributed by atoms with Crippen molar-refractivity contribution in [1.29, 1.82) is 0 Å². The van der Waals surface area contributed by atoms with Crippen molar-refractivity contribution < 1.29 is 0 Å². The van der Waals surface area contributed by atoms with Crippen molar-refractivity contribution >= 4 is 7.85 Å². The maximum Gasteiger partial charge on any atom is 0.0921 e. The van der Waals surface area contributed by atoms with E-state index in [0.717, 1.165) is 12.8 Å². The molecule has 0 fully saturated rings. The van der Waals surface area contributed by atoms with Gasteiger partial charge in [0, 0.05) is 0 Å². The molecular weight excluding hydrogens is 119 g/mol. The topological polar surface area (TPSA) is 0 Å². The van der Waals surface area contributed by atoms with Crippen LogP contribution in [-0.2, 0) is 0 Å². The molecule has 0 aliphatic carbocycles. The Morgan fingerprint density at radius 1 is 1.70 bits per heavy atom. The molecule has 0 saturated heterocycles. The second-order valence-electron chi connectivity index (χ2n) is 3.12. The largest absolute Gasteiger partial charge is 0.120 e. The van der Waals surface area contributed by atoms with Gasteiger partial charge < -0.3 is 0 Å². The standard InChI is InChI=1S/C9H15B/c1-5-7-8(3)9(4,10)6-2/h2,8H,5,7H2,1,3-4H3. The van der Waals surface area contributed by atoms with E-state index in [1.807, 2.05) is 6.92 Å². The van der Waals surface area contributed by atoms with Crippen LogP contribution in [0.5, 0.6) is 0 Å². The van der Waals surface area contributed by atoms with Crippen molar-refractivity contribution in [1.82, 2.24) is 0 Å². The maximum atomic E-state index is 5.81. The van der Waals surface area contributed by atoms with Crippen LogP contribution in [0.15, 0.2) is 0 Å². The molecule has 2 atom stereocenters. The van der Waals surface area contributed by atoms with Gasteiger partial charge in [0.2, 0.25) is 0 Å². The number of hydrogen-bond donors (Lipinski definition) is 0. The summed E-state index contributed by atoms with van der Waals surface area (Å²) < 4.78 is 0. The number of rotatable bonds is 3. The number of terminal acetylenes is 1. The number of hydrogen-bond acceptors (Lipinski definition) is 0. The van der Waals surface area contributed by atoms with E-state index in [9.17, 15) is 0 Å². The highest BCUT2D eigenvalue weighted by atomic mass is 14.2. The summed E-state index contributed by atoms with van der Waals surface area (Å²) in [7, 11) is 5.81. The molecule has 0 heterocycles. The minimum absolute atomic E-state index is 0.419. The van der Waals surface area contributed by atoms with Crippen LogP contribution in [0.4, 0.5) is 0 Å². The molecule has 0 aromatic rings. The molecule has 0 amide bonds.